The van der Waals surface area contributed by atoms with Crippen LogP contribution in [0, 0.1) is 28.6 Å². The normalized spacial score (nSPS) is 46.7. The first-order chi connectivity index (χ1) is 13.6. The number of fused-ring (bicyclic) bond motifs is 5. The van der Waals surface area contributed by atoms with Gasteiger partial charge in [-0.2, -0.15) is 0 Å². The van der Waals surface area contributed by atoms with Crippen molar-refractivity contribution < 1.29 is 14.7 Å². The second-order valence-electron chi connectivity index (χ2n) is 10.1. The number of nitrogens with one attached hydrogen (secondary N) is 1. The summed E-state index contributed by atoms with van der Waals surface area (Å²) in [5.41, 5.74) is 2.25. The Morgan fingerprint density at radius 3 is 2.86 bits per heavy atom. The molecule has 4 fully saturated rings. The van der Waals surface area contributed by atoms with Crippen LogP contribution >= 0.6 is 0 Å². The third-order valence-corrected chi connectivity index (χ3v) is 9.03. The number of allylic oxidation sites excluding steroid dienone is 1. The number of aliphatic hydroxyl groups is 1. The number of nitrogens with zero attached hydrogens (tertiary/aromatic N) is 1. The van der Waals surface area contributed by atoms with Crippen molar-refractivity contribution in [3.63, 3.8) is 0 Å². The fourth-order valence-electron chi connectivity index (χ4n) is 7.37. The summed E-state index contributed by atoms with van der Waals surface area (Å²) in [4.78, 5) is 18.3. The van der Waals surface area contributed by atoms with Crippen molar-refractivity contribution >= 4 is 11.5 Å². The predicted molar refractivity (Wildman–Crippen MR) is 108 cm³/mol. The minimum absolute atomic E-state index is 0.0934. The number of hydrogen-bond acceptors (Lipinski definition) is 5. The number of aliphatic hydroxyl groups excluding tert-OH is 1. The van der Waals surface area contributed by atoms with Gasteiger partial charge in [0.15, 0.2) is 0 Å². The van der Waals surface area contributed by atoms with Crippen LogP contribution in [0.25, 0.3) is 0 Å². The fraction of sp³-hybridized carbons (Fsp3) is 0.826. The monoisotopic (exact) mass is 386 g/mol. The van der Waals surface area contributed by atoms with Crippen LogP contribution in [0.5, 0.6) is 0 Å². The molecule has 3 saturated carbocycles. The van der Waals surface area contributed by atoms with Gasteiger partial charge >= 0.3 is 0 Å². The SMILES string of the molecule is C[C@]12CCC3C(CCC4=CC(=NOC5CCNC5)CC[C@@]43CO)C1CCC2=O. The topological polar surface area (TPSA) is 70.9 Å². The second-order valence-corrected chi connectivity index (χ2v) is 10.1. The molecule has 5 rings (SSSR count). The van der Waals surface area contributed by atoms with E-state index in [1.165, 1.54) is 5.57 Å². The summed E-state index contributed by atoms with van der Waals surface area (Å²) in [5, 5.41) is 18.4. The van der Waals surface area contributed by atoms with Gasteiger partial charge < -0.3 is 15.3 Å². The molecule has 1 saturated heterocycles. The van der Waals surface area contributed by atoms with Gasteiger partial charge in [0.05, 0.1) is 12.3 Å². The molecule has 2 N–H and O–H groups in total. The maximum absolute atomic E-state index is 12.6. The lowest BCUT2D eigenvalue weighted by atomic mass is 9.47. The van der Waals surface area contributed by atoms with E-state index < -0.39 is 0 Å². The zero-order valence-corrected chi connectivity index (χ0v) is 17.1. The maximum atomic E-state index is 12.6. The minimum atomic E-state index is -0.0938. The van der Waals surface area contributed by atoms with Crippen molar-refractivity contribution in [1.82, 2.24) is 5.32 Å². The van der Waals surface area contributed by atoms with Gasteiger partial charge in [-0.3, -0.25) is 4.79 Å². The van der Waals surface area contributed by atoms with Gasteiger partial charge in [-0.15, -0.1) is 0 Å². The lowest BCUT2D eigenvalue weighted by Gasteiger charge is -2.57. The zero-order chi connectivity index (χ0) is 19.4. The van der Waals surface area contributed by atoms with E-state index in [0.29, 0.717) is 23.5 Å². The van der Waals surface area contributed by atoms with Crippen molar-refractivity contribution in [2.24, 2.45) is 33.7 Å². The van der Waals surface area contributed by atoms with E-state index in [9.17, 15) is 9.90 Å². The lowest BCUT2D eigenvalue weighted by molar-refractivity contribution is -0.133. The van der Waals surface area contributed by atoms with Crippen LogP contribution in [0.3, 0.4) is 0 Å². The highest BCUT2D eigenvalue weighted by atomic mass is 16.6. The van der Waals surface area contributed by atoms with Crippen LogP contribution in [0.15, 0.2) is 16.8 Å². The highest BCUT2D eigenvalue weighted by Gasteiger charge is 2.59. The molecule has 6 atom stereocenters. The number of rotatable bonds is 3. The van der Waals surface area contributed by atoms with Gasteiger partial charge in [-0.1, -0.05) is 17.7 Å². The van der Waals surface area contributed by atoms with E-state index in [-0.39, 0.29) is 23.5 Å². The largest absolute Gasteiger partial charge is 0.395 e. The van der Waals surface area contributed by atoms with Crippen LogP contribution < -0.4 is 5.32 Å². The Kier molecular flexibility index (Phi) is 4.66. The average molecular weight is 387 g/mol. The number of carbonyl (C=O) groups excluding carboxylic acids is 1. The molecular weight excluding hydrogens is 352 g/mol. The van der Waals surface area contributed by atoms with Crippen LogP contribution in [0.2, 0.25) is 0 Å². The zero-order valence-electron chi connectivity index (χ0n) is 17.1. The number of ketones is 1. The van der Waals surface area contributed by atoms with Crippen LogP contribution in [0.1, 0.15) is 64.7 Å². The molecular formula is C23H34N2O3. The Morgan fingerprint density at radius 2 is 2.07 bits per heavy atom. The Bertz CT molecular complexity index is 711. The standard InChI is InChI=1S/C23H34N2O3/c1-22-9-7-20-18(19(22)4-5-21(22)27)3-2-15-12-16(6-10-23(15,20)14-26)25-28-17-8-11-24-13-17/h12,17-20,24,26H,2-11,13-14H2,1H3/t17?,18?,19?,20?,22-,23+/m0/s1. The summed E-state index contributed by atoms with van der Waals surface area (Å²) in [6.45, 7) is 4.35. The van der Waals surface area contributed by atoms with E-state index in [2.05, 4.69) is 23.5 Å². The van der Waals surface area contributed by atoms with E-state index in [4.69, 9.17) is 4.84 Å². The lowest BCUT2D eigenvalue weighted by Crippen LogP contribution is -2.53. The van der Waals surface area contributed by atoms with E-state index in [0.717, 1.165) is 76.6 Å². The summed E-state index contributed by atoms with van der Waals surface area (Å²) in [7, 11) is 0. The highest BCUT2D eigenvalue weighted by molar-refractivity contribution is 5.96. The number of oxime groups is 1. The molecule has 0 aromatic rings. The second kappa shape index (κ2) is 6.94. The Balaban J connectivity index is 1.39. The summed E-state index contributed by atoms with van der Waals surface area (Å²) in [6.07, 6.45) is 11.4. The Labute approximate surface area is 168 Å². The number of hydrogen-bond donors (Lipinski definition) is 2. The van der Waals surface area contributed by atoms with Crippen molar-refractivity contribution in [3.05, 3.63) is 11.6 Å². The van der Waals surface area contributed by atoms with Crippen LogP contribution in [-0.4, -0.2) is 42.4 Å². The molecule has 4 aliphatic carbocycles. The molecule has 0 radical (unpaired) electrons. The first-order valence-electron chi connectivity index (χ1n) is 11.4. The van der Waals surface area contributed by atoms with E-state index in [1.807, 2.05) is 0 Å². The summed E-state index contributed by atoms with van der Waals surface area (Å²) >= 11 is 0. The Morgan fingerprint density at radius 1 is 1.18 bits per heavy atom. The molecule has 1 aliphatic heterocycles. The molecule has 5 aliphatic rings. The predicted octanol–water partition coefficient (Wildman–Crippen LogP) is 3.23. The fourth-order valence-corrected chi connectivity index (χ4v) is 7.37. The summed E-state index contributed by atoms with van der Waals surface area (Å²) in [6, 6.07) is 0. The number of Topliss-reactive ketones (excluding diaryl/α,β-unsaturated/α-hetero) is 1. The number of carbonyl (C=O) groups is 1. The molecule has 0 amide bonds. The molecule has 5 nitrogen and oxygen atoms in total. The summed E-state index contributed by atoms with van der Waals surface area (Å²) < 4.78 is 0. The van der Waals surface area contributed by atoms with Gasteiger partial charge in [0.1, 0.15) is 11.9 Å². The van der Waals surface area contributed by atoms with Crippen molar-refractivity contribution in [2.45, 2.75) is 70.8 Å². The van der Waals surface area contributed by atoms with E-state index in [1.54, 1.807) is 0 Å². The van der Waals surface area contributed by atoms with Gasteiger partial charge in [-0.25, -0.2) is 0 Å². The third-order valence-electron chi connectivity index (χ3n) is 9.03. The maximum Gasteiger partial charge on any atom is 0.141 e. The molecule has 0 spiro atoms. The van der Waals surface area contributed by atoms with Gasteiger partial charge in [0.25, 0.3) is 0 Å². The molecule has 154 valence electrons. The molecule has 5 heteroatoms. The van der Waals surface area contributed by atoms with Crippen LogP contribution in [-0.2, 0) is 9.63 Å². The highest BCUT2D eigenvalue weighted by Crippen LogP contribution is 2.64. The minimum Gasteiger partial charge on any atom is -0.395 e. The van der Waals surface area contributed by atoms with Crippen LogP contribution in [0.4, 0.5) is 0 Å². The average Bonchev–Trinajstić information content (AvgIpc) is 3.34. The molecule has 0 aromatic heterocycles. The van der Waals surface area contributed by atoms with Gasteiger partial charge in [0.2, 0.25) is 0 Å². The molecule has 4 unspecified atom stereocenters. The first-order valence-corrected chi connectivity index (χ1v) is 11.4. The van der Waals surface area contributed by atoms with E-state index >= 15 is 0 Å². The van der Waals surface area contributed by atoms with Gasteiger partial charge in [-0.05, 0) is 75.3 Å². The van der Waals surface area contributed by atoms with Crippen molar-refractivity contribution in [1.29, 1.82) is 0 Å². The quantitative estimate of drug-likeness (QED) is 0.731. The van der Waals surface area contributed by atoms with Crippen molar-refractivity contribution in [3.8, 4) is 0 Å². The molecule has 0 aromatic carbocycles. The molecule has 1 heterocycles. The molecule has 0 bridgehead atoms. The first kappa shape index (κ1) is 18.8. The summed E-state index contributed by atoms with van der Waals surface area (Å²) in [5.74, 6) is 2.13. The van der Waals surface area contributed by atoms with Gasteiger partial charge in [0, 0.05) is 30.2 Å². The smallest absolute Gasteiger partial charge is 0.141 e. The molecule has 28 heavy (non-hydrogen) atoms. The Hall–Kier alpha value is -1.20. The van der Waals surface area contributed by atoms with Crippen molar-refractivity contribution in [2.75, 3.05) is 19.7 Å². The third kappa shape index (κ3) is 2.72.